The smallest absolute Gasteiger partial charge is 0.211 e. The summed E-state index contributed by atoms with van der Waals surface area (Å²) < 4.78 is 30.5. The Morgan fingerprint density at radius 3 is 2.57 bits per heavy atom. The van der Waals surface area contributed by atoms with Crippen molar-refractivity contribution in [1.29, 1.82) is 0 Å². The van der Waals surface area contributed by atoms with Gasteiger partial charge in [0.25, 0.3) is 0 Å². The van der Waals surface area contributed by atoms with E-state index in [4.69, 9.17) is 9.84 Å². The van der Waals surface area contributed by atoms with Crippen LogP contribution in [0.3, 0.4) is 0 Å². The zero-order valence-corrected chi connectivity index (χ0v) is 8.92. The largest absolute Gasteiger partial charge is 0.396 e. The SMILES string of the molecule is O=S(=O)(CCCO)NC1CCOCC1. The molecule has 1 fully saturated rings. The second kappa shape index (κ2) is 5.65. The molecule has 14 heavy (non-hydrogen) atoms. The summed E-state index contributed by atoms with van der Waals surface area (Å²) in [5.74, 6) is 0.000850. The van der Waals surface area contributed by atoms with Gasteiger partial charge in [0.1, 0.15) is 0 Å². The third-order valence-electron chi connectivity index (χ3n) is 2.14. The molecule has 0 aromatic heterocycles. The minimum atomic E-state index is -3.21. The van der Waals surface area contributed by atoms with E-state index < -0.39 is 10.0 Å². The molecule has 0 bridgehead atoms. The van der Waals surface area contributed by atoms with Gasteiger partial charge in [0.2, 0.25) is 10.0 Å². The van der Waals surface area contributed by atoms with Crippen molar-refractivity contribution in [3.63, 3.8) is 0 Å². The van der Waals surface area contributed by atoms with Gasteiger partial charge in [-0.05, 0) is 19.3 Å². The van der Waals surface area contributed by atoms with Crippen LogP contribution in [0.4, 0.5) is 0 Å². The van der Waals surface area contributed by atoms with Gasteiger partial charge in [-0.15, -0.1) is 0 Å². The Balaban J connectivity index is 2.33. The minimum absolute atomic E-state index is 0.000850. The monoisotopic (exact) mass is 223 g/mol. The van der Waals surface area contributed by atoms with Crippen LogP contribution in [0.2, 0.25) is 0 Å². The normalized spacial score (nSPS) is 19.8. The summed E-state index contributed by atoms with van der Waals surface area (Å²) in [4.78, 5) is 0. The van der Waals surface area contributed by atoms with E-state index in [-0.39, 0.29) is 18.4 Å². The lowest BCUT2D eigenvalue weighted by molar-refractivity contribution is 0.0832. The second-order valence-corrected chi connectivity index (χ2v) is 5.27. The maximum Gasteiger partial charge on any atom is 0.211 e. The standard InChI is InChI=1S/C8H17NO4S/c10-4-1-7-14(11,12)9-8-2-5-13-6-3-8/h8-10H,1-7H2. The van der Waals surface area contributed by atoms with Gasteiger partial charge in [-0.25, -0.2) is 13.1 Å². The number of rotatable bonds is 5. The number of hydrogen-bond acceptors (Lipinski definition) is 4. The molecule has 0 atom stereocenters. The Hall–Kier alpha value is -0.170. The highest BCUT2D eigenvalue weighted by molar-refractivity contribution is 7.89. The molecule has 5 nitrogen and oxygen atoms in total. The number of aliphatic hydroxyl groups is 1. The third-order valence-corrected chi connectivity index (χ3v) is 3.66. The zero-order valence-electron chi connectivity index (χ0n) is 8.11. The molecule has 1 aliphatic rings. The molecule has 6 heteroatoms. The number of nitrogens with one attached hydrogen (secondary N) is 1. The molecule has 0 aromatic rings. The molecule has 1 saturated heterocycles. The van der Waals surface area contributed by atoms with Crippen molar-refractivity contribution in [2.75, 3.05) is 25.6 Å². The number of aliphatic hydroxyl groups excluding tert-OH is 1. The van der Waals surface area contributed by atoms with Gasteiger partial charge in [0.15, 0.2) is 0 Å². The van der Waals surface area contributed by atoms with Crippen molar-refractivity contribution in [3.05, 3.63) is 0 Å². The van der Waals surface area contributed by atoms with Crippen LogP contribution >= 0.6 is 0 Å². The van der Waals surface area contributed by atoms with E-state index in [1.165, 1.54) is 0 Å². The molecule has 0 saturated carbocycles. The Kier molecular flexibility index (Phi) is 4.80. The quantitative estimate of drug-likeness (QED) is 0.657. The molecule has 0 unspecified atom stereocenters. The summed E-state index contributed by atoms with van der Waals surface area (Å²) in [5, 5.41) is 8.52. The molecule has 1 rings (SSSR count). The molecular formula is C8H17NO4S. The van der Waals surface area contributed by atoms with Gasteiger partial charge >= 0.3 is 0 Å². The maximum absolute atomic E-state index is 11.4. The van der Waals surface area contributed by atoms with Gasteiger partial charge < -0.3 is 9.84 Å². The van der Waals surface area contributed by atoms with Crippen molar-refractivity contribution in [1.82, 2.24) is 4.72 Å². The first-order valence-corrected chi connectivity index (χ1v) is 6.48. The van der Waals surface area contributed by atoms with E-state index in [1.807, 2.05) is 0 Å². The lowest BCUT2D eigenvalue weighted by atomic mass is 10.1. The molecule has 0 amide bonds. The highest BCUT2D eigenvalue weighted by Gasteiger charge is 2.19. The van der Waals surface area contributed by atoms with E-state index in [0.29, 0.717) is 19.6 Å². The van der Waals surface area contributed by atoms with Crippen LogP contribution in [0, 0.1) is 0 Å². The van der Waals surface area contributed by atoms with Crippen LogP contribution in [-0.4, -0.2) is 45.1 Å². The Bertz CT molecular complexity index is 246. The summed E-state index contributed by atoms with van der Waals surface area (Å²) in [6, 6.07) is 0.00689. The summed E-state index contributed by atoms with van der Waals surface area (Å²) in [7, 11) is -3.21. The molecule has 0 aromatic carbocycles. The van der Waals surface area contributed by atoms with Crippen molar-refractivity contribution < 1.29 is 18.3 Å². The van der Waals surface area contributed by atoms with Gasteiger partial charge in [0, 0.05) is 25.9 Å². The third kappa shape index (κ3) is 4.36. The number of sulfonamides is 1. The fourth-order valence-corrected chi connectivity index (χ4v) is 2.75. The lowest BCUT2D eigenvalue weighted by Crippen LogP contribution is -2.40. The number of ether oxygens (including phenoxy) is 1. The molecular weight excluding hydrogens is 206 g/mol. The fourth-order valence-electron chi connectivity index (χ4n) is 1.38. The number of hydrogen-bond donors (Lipinski definition) is 2. The van der Waals surface area contributed by atoms with Crippen molar-refractivity contribution in [2.45, 2.75) is 25.3 Å². The predicted octanol–water partition coefficient (Wildman–Crippen LogP) is -0.533. The van der Waals surface area contributed by atoms with Crippen LogP contribution in [-0.2, 0) is 14.8 Å². The van der Waals surface area contributed by atoms with E-state index >= 15 is 0 Å². The Morgan fingerprint density at radius 2 is 2.00 bits per heavy atom. The lowest BCUT2D eigenvalue weighted by Gasteiger charge is -2.22. The van der Waals surface area contributed by atoms with E-state index in [0.717, 1.165) is 12.8 Å². The molecule has 2 N–H and O–H groups in total. The average Bonchev–Trinajstić information content (AvgIpc) is 2.16. The molecule has 1 heterocycles. The van der Waals surface area contributed by atoms with Gasteiger partial charge in [-0.1, -0.05) is 0 Å². The fraction of sp³-hybridized carbons (Fsp3) is 1.00. The maximum atomic E-state index is 11.4. The summed E-state index contributed by atoms with van der Waals surface area (Å²) in [6.07, 6.45) is 1.76. The van der Waals surface area contributed by atoms with Crippen LogP contribution in [0.1, 0.15) is 19.3 Å². The van der Waals surface area contributed by atoms with Crippen molar-refractivity contribution >= 4 is 10.0 Å². The first-order valence-electron chi connectivity index (χ1n) is 4.82. The zero-order chi connectivity index (χ0) is 10.4. The van der Waals surface area contributed by atoms with Gasteiger partial charge in [-0.2, -0.15) is 0 Å². The van der Waals surface area contributed by atoms with Crippen LogP contribution in [0.5, 0.6) is 0 Å². The first-order chi connectivity index (χ1) is 6.64. The van der Waals surface area contributed by atoms with Crippen LogP contribution in [0.15, 0.2) is 0 Å². The summed E-state index contributed by atoms with van der Waals surface area (Å²) >= 11 is 0. The minimum Gasteiger partial charge on any atom is -0.396 e. The predicted molar refractivity (Wildman–Crippen MR) is 52.5 cm³/mol. The first kappa shape index (κ1) is 11.9. The Labute approximate surface area is 84.5 Å². The average molecular weight is 223 g/mol. The van der Waals surface area contributed by atoms with Gasteiger partial charge in [-0.3, -0.25) is 0 Å². The van der Waals surface area contributed by atoms with Crippen molar-refractivity contribution in [2.24, 2.45) is 0 Å². The van der Waals surface area contributed by atoms with Gasteiger partial charge in [0.05, 0.1) is 5.75 Å². The van der Waals surface area contributed by atoms with E-state index in [9.17, 15) is 8.42 Å². The second-order valence-electron chi connectivity index (χ2n) is 3.40. The molecule has 0 radical (unpaired) electrons. The van der Waals surface area contributed by atoms with Crippen LogP contribution < -0.4 is 4.72 Å². The molecule has 84 valence electrons. The van der Waals surface area contributed by atoms with E-state index in [2.05, 4.69) is 4.72 Å². The highest BCUT2D eigenvalue weighted by atomic mass is 32.2. The van der Waals surface area contributed by atoms with E-state index in [1.54, 1.807) is 0 Å². The topological polar surface area (TPSA) is 75.6 Å². The molecule has 0 spiro atoms. The van der Waals surface area contributed by atoms with Crippen molar-refractivity contribution in [3.8, 4) is 0 Å². The molecule has 1 aliphatic heterocycles. The highest BCUT2D eigenvalue weighted by Crippen LogP contribution is 2.07. The van der Waals surface area contributed by atoms with Crippen LogP contribution in [0.25, 0.3) is 0 Å². The molecule has 0 aliphatic carbocycles. The Morgan fingerprint density at radius 1 is 1.36 bits per heavy atom. The summed E-state index contributed by atoms with van der Waals surface area (Å²) in [5.41, 5.74) is 0. The summed E-state index contributed by atoms with van der Waals surface area (Å²) in [6.45, 7) is 1.15.